The summed E-state index contributed by atoms with van der Waals surface area (Å²) in [6.07, 6.45) is 0. The van der Waals surface area contributed by atoms with Crippen molar-refractivity contribution < 1.29 is 4.74 Å². The van der Waals surface area contributed by atoms with Gasteiger partial charge in [0.25, 0.3) is 0 Å². The number of halogens is 1. The van der Waals surface area contributed by atoms with Gasteiger partial charge >= 0.3 is 0 Å². The van der Waals surface area contributed by atoms with E-state index >= 15 is 0 Å². The molecule has 124 valence electrons. The minimum Gasteiger partial charge on any atom is -0.497 e. The molecule has 0 radical (unpaired) electrons. The third-order valence-electron chi connectivity index (χ3n) is 3.69. The van der Waals surface area contributed by atoms with Crippen LogP contribution < -0.4 is 4.74 Å². The average molecular weight is 359 g/mol. The number of aromatic nitrogens is 1. The number of hydrogen-bond acceptors (Lipinski definition) is 4. The van der Waals surface area contributed by atoms with Crippen LogP contribution in [0.3, 0.4) is 0 Å². The topological polar surface area (TPSA) is 25.4 Å². The van der Waals surface area contributed by atoms with Crippen LogP contribution in [-0.2, 0) is 13.1 Å². The SMILES string of the molecule is COc1ccc(CN(C)Cc2csc(-c3ccc(Cl)cc3)n2)cc1. The van der Waals surface area contributed by atoms with E-state index in [1.165, 1.54) is 5.56 Å². The average Bonchev–Trinajstić information content (AvgIpc) is 3.04. The molecule has 3 aromatic rings. The fourth-order valence-electron chi connectivity index (χ4n) is 2.48. The van der Waals surface area contributed by atoms with Crippen LogP contribution in [0.25, 0.3) is 10.6 Å². The number of methoxy groups -OCH3 is 1. The molecule has 2 aromatic carbocycles. The van der Waals surface area contributed by atoms with Gasteiger partial charge in [0.1, 0.15) is 10.8 Å². The Labute approximate surface area is 151 Å². The molecule has 0 aliphatic carbocycles. The van der Waals surface area contributed by atoms with Gasteiger partial charge in [0.2, 0.25) is 0 Å². The molecule has 0 saturated heterocycles. The van der Waals surface area contributed by atoms with E-state index in [9.17, 15) is 0 Å². The number of ether oxygens (including phenoxy) is 1. The summed E-state index contributed by atoms with van der Waals surface area (Å²) in [5, 5.41) is 3.89. The predicted molar refractivity (Wildman–Crippen MR) is 101 cm³/mol. The second-order valence-electron chi connectivity index (χ2n) is 5.67. The van der Waals surface area contributed by atoms with Crippen molar-refractivity contribution in [2.75, 3.05) is 14.2 Å². The van der Waals surface area contributed by atoms with Crippen LogP contribution in [0.15, 0.2) is 53.9 Å². The monoisotopic (exact) mass is 358 g/mol. The third-order valence-corrected chi connectivity index (χ3v) is 4.88. The van der Waals surface area contributed by atoms with Crippen LogP contribution in [0, 0.1) is 0 Å². The smallest absolute Gasteiger partial charge is 0.123 e. The Hall–Kier alpha value is -1.88. The van der Waals surface area contributed by atoms with Crippen LogP contribution in [0.2, 0.25) is 5.02 Å². The molecule has 1 aromatic heterocycles. The van der Waals surface area contributed by atoms with Crippen molar-refractivity contribution >= 4 is 22.9 Å². The molecule has 5 heteroatoms. The van der Waals surface area contributed by atoms with Gasteiger partial charge in [-0.3, -0.25) is 4.90 Å². The lowest BCUT2D eigenvalue weighted by atomic mass is 10.2. The fourth-order valence-corrected chi connectivity index (χ4v) is 3.42. The second-order valence-corrected chi connectivity index (χ2v) is 6.97. The molecule has 0 aliphatic heterocycles. The van der Waals surface area contributed by atoms with Crippen molar-refractivity contribution in [1.29, 1.82) is 0 Å². The molecule has 24 heavy (non-hydrogen) atoms. The lowest BCUT2D eigenvalue weighted by Gasteiger charge is -2.15. The zero-order chi connectivity index (χ0) is 16.9. The molecule has 0 aliphatic rings. The van der Waals surface area contributed by atoms with Gasteiger partial charge in [-0.2, -0.15) is 0 Å². The first-order valence-corrected chi connectivity index (χ1v) is 8.91. The fraction of sp³-hybridized carbons (Fsp3) is 0.211. The molecule has 0 fully saturated rings. The van der Waals surface area contributed by atoms with Crippen molar-refractivity contribution in [3.8, 4) is 16.3 Å². The summed E-state index contributed by atoms with van der Waals surface area (Å²) in [5.74, 6) is 0.883. The van der Waals surface area contributed by atoms with E-state index in [0.29, 0.717) is 0 Å². The van der Waals surface area contributed by atoms with Gasteiger partial charge in [0, 0.05) is 29.1 Å². The van der Waals surface area contributed by atoms with E-state index in [4.69, 9.17) is 21.3 Å². The molecule has 3 rings (SSSR count). The van der Waals surface area contributed by atoms with E-state index in [-0.39, 0.29) is 0 Å². The molecule has 0 bridgehead atoms. The Balaban J connectivity index is 1.62. The van der Waals surface area contributed by atoms with E-state index in [2.05, 4.69) is 29.5 Å². The van der Waals surface area contributed by atoms with Crippen LogP contribution >= 0.6 is 22.9 Å². The quantitative estimate of drug-likeness (QED) is 0.612. The largest absolute Gasteiger partial charge is 0.497 e. The normalized spacial score (nSPS) is 11.0. The molecule has 0 N–H and O–H groups in total. The van der Waals surface area contributed by atoms with Crippen LogP contribution in [0.4, 0.5) is 0 Å². The number of hydrogen-bond donors (Lipinski definition) is 0. The highest BCUT2D eigenvalue weighted by Crippen LogP contribution is 2.25. The van der Waals surface area contributed by atoms with E-state index in [1.807, 2.05) is 36.4 Å². The first kappa shape index (κ1) is 17.0. The van der Waals surface area contributed by atoms with Crippen molar-refractivity contribution in [1.82, 2.24) is 9.88 Å². The standard InChI is InChI=1S/C19H19ClN2OS/c1-22(11-14-3-9-18(23-2)10-4-14)12-17-13-24-19(21-17)15-5-7-16(20)8-6-15/h3-10,13H,11-12H2,1-2H3. The number of thiazole rings is 1. The summed E-state index contributed by atoms with van der Waals surface area (Å²) in [6.45, 7) is 1.69. The Morgan fingerprint density at radius 1 is 1.04 bits per heavy atom. The van der Waals surface area contributed by atoms with E-state index < -0.39 is 0 Å². The zero-order valence-corrected chi connectivity index (χ0v) is 15.3. The molecular weight excluding hydrogens is 340 g/mol. The maximum Gasteiger partial charge on any atom is 0.123 e. The van der Waals surface area contributed by atoms with Gasteiger partial charge < -0.3 is 4.74 Å². The minimum absolute atomic E-state index is 0.745. The van der Waals surface area contributed by atoms with Gasteiger partial charge in [-0.05, 0) is 36.9 Å². The Bertz CT molecular complexity index is 784. The van der Waals surface area contributed by atoms with E-state index in [1.54, 1.807) is 18.4 Å². The maximum absolute atomic E-state index is 5.94. The van der Waals surface area contributed by atoms with Crippen molar-refractivity contribution in [2.24, 2.45) is 0 Å². The van der Waals surface area contributed by atoms with Crippen molar-refractivity contribution in [3.63, 3.8) is 0 Å². The van der Waals surface area contributed by atoms with E-state index in [0.717, 1.165) is 40.1 Å². The lowest BCUT2D eigenvalue weighted by Crippen LogP contribution is -2.17. The Kier molecular flexibility index (Phi) is 5.51. The molecular formula is C19H19ClN2OS. The second kappa shape index (κ2) is 7.79. The van der Waals surface area contributed by atoms with Crippen LogP contribution in [0.1, 0.15) is 11.3 Å². The molecule has 1 heterocycles. The maximum atomic E-state index is 5.94. The first-order valence-electron chi connectivity index (χ1n) is 7.66. The summed E-state index contributed by atoms with van der Waals surface area (Å²) in [7, 11) is 3.78. The molecule has 0 spiro atoms. The number of benzene rings is 2. The van der Waals surface area contributed by atoms with Gasteiger partial charge in [-0.25, -0.2) is 4.98 Å². The summed E-state index contributed by atoms with van der Waals surface area (Å²) >= 11 is 7.60. The van der Waals surface area contributed by atoms with Gasteiger partial charge in [-0.1, -0.05) is 35.9 Å². The summed E-state index contributed by atoms with van der Waals surface area (Å²) in [6, 6.07) is 16.0. The van der Waals surface area contributed by atoms with Crippen molar-refractivity contribution in [3.05, 3.63) is 70.2 Å². The summed E-state index contributed by atoms with van der Waals surface area (Å²) in [4.78, 5) is 6.99. The lowest BCUT2D eigenvalue weighted by molar-refractivity contribution is 0.315. The van der Waals surface area contributed by atoms with Crippen molar-refractivity contribution in [2.45, 2.75) is 13.1 Å². The number of nitrogens with zero attached hydrogens (tertiary/aromatic N) is 2. The van der Waals surface area contributed by atoms with Gasteiger partial charge in [-0.15, -0.1) is 11.3 Å². The highest BCUT2D eigenvalue weighted by molar-refractivity contribution is 7.13. The number of rotatable bonds is 6. The third kappa shape index (κ3) is 4.35. The first-order chi connectivity index (χ1) is 11.6. The minimum atomic E-state index is 0.745. The molecule has 0 saturated carbocycles. The molecule has 0 amide bonds. The van der Waals surface area contributed by atoms with Gasteiger partial charge in [0.15, 0.2) is 0 Å². The zero-order valence-electron chi connectivity index (χ0n) is 13.7. The molecule has 3 nitrogen and oxygen atoms in total. The predicted octanol–water partition coefficient (Wildman–Crippen LogP) is 5.10. The van der Waals surface area contributed by atoms with Gasteiger partial charge in [0.05, 0.1) is 12.8 Å². The highest BCUT2D eigenvalue weighted by atomic mass is 35.5. The van der Waals surface area contributed by atoms with Crippen LogP contribution in [0.5, 0.6) is 5.75 Å². The summed E-state index contributed by atoms with van der Waals surface area (Å²) < 4.78 is 5.19. The molecule has 0 atom stereocenters. The summed E-state index contributed by atoms with van der Waals surface area (Å²) in [5.41, 5.74) is 3.45. The Morgan fingerprint density at radius 2 is 1.75 bits per heavy atom. The Morgan fingerprint density at radius 3 is 2.42 bits per heavy atom. The molecule has 0 unspecified atom stereocenters. The highest BCUT2D eigenvalue weighted by Gasteiger charge is 2.08. The van der Waals surface area contributed by atoms with Crippen LogP contribution in [-0.4, -0.2) is 24.0 Å².